The van der Waals surface area contributed by atoms with Gasteiger partial charge in [-0.05, 0) is 82.5 Å². The predicted molar refractivity (Wildman–Crippen MR) is 278 cm³/mol. The number of amides is 2. The van der Waals surface area contributed by atoms with Gasteiger partial charge in [0, 0.05) is 67.0 Å². The Labute approximate surface area is 453 Å². The van der Waals surface area contributed by atoms with E-state index in [1.165, 1.54) is 41.5 Å². The molecule has 2 aromatic carbocycles. The fourth-order valence-electron chi connectivity index (χ4n) is 9.65. The molecule has 4 aromatic rings. The average molecular weight is 1210 g/mol. The van der Waals surface area contributed by atoms with Crippen molar-refractivity contribution in [1.82, 2.24) is 30.2 Å². The van der Waals surface area contributed by atoms with E-state index in [4.69, 9.17) is 23.8 Å². The molecule has 2 aromatic heterocycles. The van der Waals surface area contributed by atoms with Gasteiger partial charge in [-0.25, -0.2) is 33.4 Å². The molecule has 0 aliphatic carbocycles. The third-order valence-electron chi connectivity index (χ3n) is 13.3. The summed E-state index contributed by atoms with van der Waals surface area (Å²) in [6.45, 7) is 11.0. The summed E-state index contributed by atoms with van der Waals surface area (Å²) in [5.74, 6) is -0.350. The van der Waals surface area contributed by atoms with Crippen LogP contribution >= 0.6 is 23.5 Å². The zero-order valence-corrected chi connectivity index (χ0v) is 47.5. The highest BCUT2D eigenvalue weighted by Crippen LogP contribution is 2.66. The molecule has 29 nitrogen and oxygen atoms in total. The molecule has 79 heavy (non-hydrogen) atoms. The van der Waals surface area contributed by atoms with Gasteiger partial charge in [-0.3, -0.25) is 23.0 Å². The SMILES string of the molecule is CCN1/C(=C/C=C/C2=[N+](CCCCCC(=O)NCCNC(=O)O[C@H]3[C@@H](O)[C@H](n4cnc5c(C)ncnc54)O[C@@H]3COP(=O)(O)OP(=O)(O)OP(=O)(O)O)c3ccc(S(=O)(=O)O)cc3C2(C)C)C(C)(C)c2cc(S(=O)(=O)O)ccc21. The number of imidazole rings is 1. The van der Waals surface area contributed by atoms with Crippen LogP contribution in [0.2, 0.25) is 0 Å². The first-order valence-corrected chi connectivity index (χ1v) is 31.6. The summed E-state index contributed by atoms with van der Waals surface area (Å²) >= 11 is 0. The Morgan fingerprint density at radius 3 is 2.18 bits per heavy atom. The van der Waals surface area contributed by atoms with Crippen LogP contribution < -0.4 is 15.5 Å². The number of aliphatic hydroxyl groups excluding tert-OH is 1. The number of carbonyl (C=O) groups excluding carboxylic acids is 2. The van der Waals surface area contributed by atoms with Gasteiger partial charge in [0.15, 0.2) is 23.7 Å². The molecule has 0 saturated carbocycles. The fraction of sp³-hybridized carbons (Fsp3) is 0.467. The van der Waals surface area contributed by atoms with Crippen molar-refractivity contribution in [3.05, 3.63) is 89.8 Å². The van der Waals surface area contributed by atoms with Crippen molar-refractivity contribution in [2.45, 2.75) is 112 Å². The lowest BCUT2D eigenvalue weighted by Gasteiger charge is -2.25. The van der Waals surface area contributed by atoms with Crippen LogP contribution in [0, 0.1) is 6.92 Å². The fourth-order valence-corrected chi connectivity index (χ4v) is 13.7. The average Bonchev–Trinajstić information content (AvgIpc) is 4.06. The number of nitrogens with one attached hydrogen (secondary N) is 2. The Hall–Kier alpha value is -5.17. The smallest absolute Gasteiger partial charge is 0.440 e. The number of alkyl carbamates (subject to hydrolysis) is 1. The molecule has 1 fully saturated rings. The molecule has 6 atom stereocenters. The lowest BCUT2D eigenvalue weighted by atomic mass is 9.81. The van der Waals surface area contributed by atoms with E-state index in [-0.39, 0.29) is 40.9 Å². The third kappa shape index (κ3) is 14.1. The Kier molecular flexibility index (Phi) is 18.2. The molecular formula is C45H60N8O21P3S2+. The largest absolute Gasteiger partial charge is 0.490 e. The van der Waals surface area contributed by atoms with Gasteiger partial charge in [0.1, 0.15) is 30.6 Å². The molecule has 3 aliphatic rings. The number of aliphatic hydroxyl groups is 1. The minimum Gasteiger partial charge on any atom is -0.440 e. The van der Waals surface area contributed by atoms with E-state index in [0.717, 1.165) is 22.8 Å². The normalized spacial score (nSPS) is 22.0. The van der Waals surface area contributed by atoms with E-state index < -0.39 is 91.8 Å². The van der Waals surface area contributed by atoms with Crippen LogP contribution in [0.5, 0.6) is 0 Å². The van der Waals surface area contributed by atoms with E-state index in [2.05, 4.69) is 43.7 Å². The lowest BCUT2D eigenvalue weighted by Crippen LogP contribution is -2.42. The summed E-state index contributed by atoms with van der Waals surface area (Å²) in [6, 6.07) is 8.90. The molecule has 432 valence electrons. The van der Waals surface area contributed by atoms with E-state index in [9.17, 15) is 64.1 Å². The number of allylic oxidation sites excluding steroid dienone is 4. The number of anilines is 1. The van der Waals surface area contributed by atoms with Crippen molar-refractivity contribution in [2.24, 2.45) is 0 Å². The second-order valence-corrected chi connectivity index (χ2v) is 26.7. The molecule has 2 amide bonds. The number of phosphoric ester groups is 1. The molecule has 1 saturated heterocycles. The predicted octanol–water partition coefficient (Wildman–Crippen LogP) is 4.34. The van der Waals surface area contributed by atoms with E-state index >= 15 is 0 Å². The minimum atomic E-state index is -5.90. The number of nitrogens with zero attached hydrogens (tertiary/aromatic N) is 6. The number of carbonyl (C=O) groups is 2. The number of hydrogen-bond acceptors (Lipinski definition) is 19. The maximum Gasteiger partial charge on any atom is 0.490 e. The van der Waals surface area contributed by atoms with Crippen LogP contribution in [-0.4, -0.2) is 144 Å². The highest BCUT2D eigenvalue weighted by molar-refractivity contribution is 7.86. The maximum absolute atomic E-state index is 13.1. The van der Waals surface area contributed by atoms with Crippen molar-refractivity contribution in [3.63, 3.8) is 0 Å². The van der Waals surface area contributed by atoms with Gasteiger partial charge in [-0.15, -0.1) is 0 Å². The lowest BCUT2D eigenvalue weighted by molar-refractivity contribution is -0.438. The molecule has 2 unspecified atom stereocenters. The number of ether oxygens (including phenoxy) is 2. The van der Waals surface area contributed by atoms with E-state index in [1.807, 2.05) is 52.8 Å². The molecule has 0 bridgehead atoms. The number of rotatable bonds is 23. The summed E-state index contributed by atoms with van der Waals surface area (Å²) < 4.78 is 130. The van der Waals surface area contributed by atoms with Gasteiger partial charge in [0.25, 0.3) is 20.2 Å². The molecule has 0 radical (unpaired) electrons. The summed E-state index contributed by atoms with van der Waals surface area (Å²) in [4.78, 5) is 77.3. The summed E-state index contributed by atoms with van der Waals surface area (Å²) in [7, 11) is -26.3. The van der Waals surface area contributed by atoms with Gasteiger partial charge in [0.2, 0.25) is 11.6 Å². The Morgan fingerprint density at radius 1 is 0.861 bits per heavy atom. The number of phosphoric acid groups is 3. The molecule has 9 N–H and O–H groups in total. The first-order valence-electron chi connectivity index (χ1n) is 24.2. The van der Waals surface area contributed by atoms with Crippen molar-refractivity contribution in [2.75, 3.05) is 37.7 Å². The van der Waals surface area contributed by atoms with Crippen LogP contribution in [0.15, 0.2) is 82.8 Å². The van der Waals surface area contributed by atoms with Crippen molar-refractivity contribution < 1.29 is 101 Å². The van der Waals surface area contributed by atoms with Crippen LogP contribution in [0.4, 0.5) is 16.2 Å². The van der Waals surface area contributed by atoms with Crippen LogP contribution in [-0.2, 0) is 72.2 Å². The zero-order chi connectivity index (χ0) is 58.3. The summed E-state index contributed by atoms with van der Waals surface area (Å²) in [6.07, 6.45) is 2.19. The topological polar surface area (TPSA) is 415 Å². The molecule has 0 spiro atoms. The number of unbranched alkanes of at least 4 members (excludes halogenated alkanes) is 2. The van der Waals surface area contributed by atoms with E-state index in [0.29, 0.717) is 54.7 Å². The molecular weight excluding hydrogens is 1150 g/mol. The zero-order valence-electron chi connectivity index (χ0n) is 43.2. The number of benzene rings is 2. The monoisotopic (exact) mass is 1210 g/mol. The summed E-state index contributed by atoms with van der Waals surface area (Å²) in [5.41, 5.74) is 4.08. The van der Waals surface area contributed by atoms with Crippen LogP contribution in [0.1, 0.15) is 83.4 Å². The van der Waals surface area contributed by atoms with Gasteiger partial charge < -0.3 is 49.7 Å². The van der Waals surface area contributed by atoms with Gasteiger partial charge >= 0.3 is 29.6 Å². The molecule has 3 aliphatic heterocycles. The first kappa shape index (κ1) is 61.4. The third-order valence-corrected chi connectivity index (χ3v) is 18.8. The Morgan fingerprint density at radius 2 is 1.52 bits per heavy atom. The molecule has 34 heteroatoms. The second-order valence-electron chi connectivity index (χ2n) is 19.4. The molecule has 7 rings (SSSR count). The van der Waals surface area contributed by atoms with Gasteiger partial charge in [0.05, 0.1) is 33.8 Å². The highest BCUT2D eigenvalue weighted by atomic mass is 32.2. The summed E-state index contributed by atoms with van der Waals surface area (Å²) in [5, 5.41) is 16.4. The van der Waals surface area contributed by atoms with Gasteiger partial charge in [-0.1, -0.05) is 19.9 Å². The van der Waals surface area contributed by atoms with Crippen LogP contribution in [0.3, 0.4) is 0 Å². The standard InChI is InChI=1S/C45H59N8O21P3S2/c1-7-51-32-17-15-28(78(64,65)66)22-30(32)44(3,4)35(51)12-11-13-36-45(5,6)31-23-29(79(67,68)69)16-18-33(31)52(36)21-10-8-9-14-37(54)46-19-20-47-43(56)72-40-34(24-70-76(60,61)74-77(62,63)73-75(57,58)59)71-42(39(40)55)53-26-50-38-27(2)48-25-49-41(38)53/h11-13,15-18,22-23,25-26,34,39-40,42,55H,7-10,14,19-21,24H2,1-6H3,(H7-,46,47,54,56,57,58,59,60,61,62,63,64,65,66,67,68,69)/p+1/t34-,39-,40-,42-/m1/s1. The number of likely N-dealkylation sites (N-methyl/N-ethyl adjacent to an activating group) is 1. The number of aryl methyl sites for hydroxylation is 1. The van der Waals surface area contributed by atoms with Crippen LogP contribution in [0.25, 0.3) is 11.2 Å². The van der Waals surface area contributed by atoms with Crippen molar-refractivity contribution in [3.8, 4) is 0 Å². The second kappa shape index (κ2) is 23.4. The maximum atomic E-state index is 13.1. The highest BCUT2D eigenvalue weighted by Gasteiger charge is 2.50. The van der Waals surface area contributed by atoms with Crippen molar-refractivity contribution in [1.29, 1.82) is 0 Å². The Bertz CT molecular complexity index is 3510. The number of fused-ring (bicyclic) bond motifs is 3. The quantitative estimate of drug-likeness (QED) is 0.0216. The Balaban J connectivity index is 0.952. The first-order chi connectivity index (χ1) is 36.6. The molecule has 5 heterocycles. The minimum absolute atomic E-state index is 0.0767. The number of hydrogen-bond donors (Lipinski definition) is 9. The van der Waals surface area contributed by atoms with Gasteiger partial charge in [-0.2, -0.15) is 30.0 Å². The van der Waals surface area contributed by atoms with Crippen molar-refractivity contribution >= 4 is 84.0 Å². The van der Waals surface area contributed by atoms with E-state index in [1.54, 1.807) is 19.1 Å². The number of aromatic nitrogens is 4.